The Bertz CT molecular complexity index is 997. The highest BCUT2D eigenvalue weighted by molar-refractivity contribution is 7.85. The van der Waals surface area contributed by atoms with Crippen LogP contribution in [0.1, 0.15) is 35.4 Å². The van der Waals surface area contributed by atoms with Crippen molar-refractivity contribution in [2.24, 2.45) is 5.92 Å². The number of hydrogen-bond acceptors (Lipinski definition) is 6. The van der Waals surface area contributed by atoms with Crippen LogP contribution in [0.25, 0.3) is 0 Å². The number of benzene rings is 2. The fourth-order valence-corrected chi connectivity index (χ4v) is 4.09. The van der Waals surface area contributed by atoms with E-state index in [0.29, 0.717) is 6.26 Å². The Balaban J connectivity index is 0.000000461. The summed E-state index contributed by atoms with van der Waals surface area (Å²) in [4.78, 5) is 2.46. The number of phenolic OH excluding ortho intramolecular Hbond substituents is 3. The van der Waals surface area contributed by atoms with Crippen LogP contribution in [0.15, 0.2) is 30.3 Å². The molecular weight excluding hydrogens is 430 g/mol. The summed E-state index contributed by atoms with van der Waals surface area (Å²) in [5.41, 5.74) is 2.94. The average molecular weight is 456 g/mol. The maximum Gasteiger partial charge on any atom is 0.261 e. The molecule has 1 fully saturated rings. The minimum absolute atomic E-state index is 0.0425. The third-order valence-electron chi connectivity index (χ3n) is 5.36. The first-order valence-electron chi connectivity index (χ1n) is 9.70. The van der Waals surface area contributed by atoms with Crippen LogP contribution in [-0.2, 0) is 16.5 Å². The summed E-state index contributed by atoms with van der Waals surface area (Å²) in [7, 11) is -3.67. The first kappa shape index (κ1) is 22.7. The third kappa shape index (κ3) is 6.01. The molecule has 4 rings (SSSR count). The van der Waals surface area contributed by atoms with Crippen LogP contribution in [0.5, 0.6) is 17.2 Å². The second-order valence-corrected chi connectivity index (χ2v) is 9.80. The van der Waals surface area contributed by atoms with E-state index in [1.165, 1.54) is 12.8 Å². The number of fused-ring (bicyclic) bond motifs is 1. The Labute approximate surface area is 181 Å². The van der Waals surface area contributed by atoms with Gasteiger partial charge in [0.1, 0.15) is 5.75 Å². The van der Waals surface area contributed by atoms with E-state index in [9.17, 15) is 23.7 Å². The Morgan fingerprint density at radius 1 is 1.13 bits per heavy atom. The van der Waals surface area contributed by atoms with E-state index in [2.05, 4.69) is 4.90 Å². The van der Waals surface area contributed by atoms with E-state index in [-0.39, 0.29) is 28.2 Å². The molecule has 164 valence electrons. The predicted octanol–water partition coefficient (Wildman–Crippen LogP) is 3.36. The molecule has 0 aromatic heterocycles. The van der Waals surface area contributed by atoms with E-state index in [0.717, 1.165) is 48.7 Å². The fourth-order valence-electron chi connectivity index (χ4n) is 3.79. The molecule has 2 aliphatic rings. The monoisotopic (exact) mass is 455 g/mol. The van der Waals surface area contributed by atoms with Gasteiger partial charge in [0, 0.05) is 25.6 Å². The van der Waals surface area contributed by atoms with Gasteiger partial charge < -0.3 is 20.2 Å². The lowest BCUT2D eigenvalue weighted by molar-refractivity contribution is 0.265. The van der Waals surface area contributed by atoms with Crippen molar-refractivity contribution < 1.29 is 28.3 Å². The SMILES string of the molecule is CS(=O)(=O)O.Oc1ccc(C2CN(CC3CC3)CCc3c2cc(O)c(O)c3Cl)cc1. The molecule has 0 bridgehead atoms. The molecule has 1 aliphatic heterocycles. The number of aromatic hydroxyl groups is 3. The Kier molecular flexibility index (Phi) is 6.81. The van der Waals surface area contributed by atoms with Crippen LogP contribution in [0.4, 0.5) is 0 Å². The second kappa shape index (κ2) is 9.01. The van der Waals surface area contributed by atoms with Crippen LogP contribution in [0, 0.1) is 5.92 Å². The van der Waals surface area contributed by atoms with Gasteiger partial charge in [0.2, 0.25) is 0 Å². The molecule has 1 unspecified atom stereocenters. The molecule has 1 saturated carbocycles. The van der Waals surface area contributed by atoms with Gasteiger partial charge in [-0.25, -0.2) is 0 Å². The van der Waals surface area contributed by atoms with Crippen molar-refractivity contribution in [3.05, 3.63) is 52.0 Å². The first-order chi connectivity index (χ1) is 14.0. The van der Waals surface area contributed by atoms with E-state index in [1.54, 1.807) is 18.2 Å². The Morgan fingerprint density at radius 3 is 2.30 bits per heavy atom. The maximum atomic E-state index is 10.1. The molecule has 1 atom stereocenters. The van der Waals surface area contributed by atoms with Crippen molar-refractivity contribution >= 4 is 21.7 Å². The largest absolute Gasteiger partial charge is 0.508 e. The van der Waals surface area contributed by atoms with Crippen molar-refractivity contribution in [3.8, 4) is 17.2 Å². The fraction of sp³-hybridized carbons (Fsp3) is 0.429. The molecule has 1 aliphatic carbocycles. The average Bonchev–Trinajstić information content (AvgIpc) is 3.47. The number of rotatable bonds is 3. The summed E-state index contributed by atoms with van der Waals surface area (Å²) in [5.74, 6) is 0.655. The molecule has 2 aromatic carbocycles. The van der Waals surface area contributed by atoms with E-state index < -0.39 is 10.1 Å². The summed E-state index contributed by atoms with van der Waals surface area (Å²) in [5, 5.41) is 30.0. The number of nitrogens with zero attached hydrogens (tertiary/aromatic N) is 1. The summed E-state index contributed by atoms with van der Waals surface area (Å²) < 4.78 is 25.9. The lowest BCUT2D eigenvalue weighted by atomic mass is 9.87. The molecular formula is C21H26ClNO6S. The van der Waals surface area contributed by atoms with Gasteiger partial charge in [-0.3, -0.25) is 4.55 Å². The predicted molar refractivity (Wildman–Crippen MR) is 115 cm³/mol. The zero-order chi connectivity index (χ0) is 22.1. The van der Waals surface area contributed by atoms with E-state index in [1.807, 2.05) is 12.1 Å². The molecule has 9 heteroatoms. The van der Waals surface area contributed by atoms with Gasteiger partial charge in [-0.05, 0) is 60.1 Å². The van der Waals surface area contributed by atoms with Crippen molar-refractivity contribution in [1.82, 2.24) is 4.90 Å². The van der Waals surface area contributed by atoms with Gasteiger partial charge in [0.25, 0.3) is 10.1 Å². The second-order valence-electron chi connectivity index (χ2n) is 7.96. The lowest BCUT2D eigenvalue weighted by Gasteiger charge is -2.25. The van der Waals surface area contributed by atoms with Crippen LogP contribution in [0.3, 0.4) is 0 Å². The normalized spacial score (nSPS) is 19.4. The Morgan fingerprint density at radius 2 is 1.73 bits per heavy atom. The highest BCUT2D eigenvalue weighted by Crippen LogP contribution is 2.44. The third-order valence-corrected chi connectivity index (χ3v) is 5.77. The smallest absolute Gasteiger partial charge is 0.261 e. The maximum absolute atomic E-state index is 10.1. The molecule has 7 nitrogen and oxygen atoms in total. The van der Waals surface area contributed by atoms with E-state index in [4.69, 9.17) is 16.2 Å². The number of halogens is 1. The minimum Gasteiger partial charge on any atom is -0.508 e. The van der Waals surface area contributed by atoms with Gasteiger partial charge >= 0.3 is 0 Å². The summed E-state index contributed by atoms with van der Waals surface area (Å²) in [6, 6.07) is 8.86. The molecule has 0 radical (unpaired) electrons. The quantitative estimate of drug-likeness (QED) is 0.414. The van der Waals surface area contributed by atoms with Crippen LogP contribution in [0.2, 0.25) is 5.02 Å². The molecule has 0 spiro atoms. The highest BCUT2D eigenvalue weighted by Gasteiger charge is 2.31. The van der Waals surface area contributed by atoms with Gasteiger partial charge in [-0.15, -0.1) is 0 Å². The summed E-state index contributed by atoms with van der Waals surface area (Å²) in [6.45, 7) is 2.81. The van der Waals surface area contributed by atoms with Gasteiger partial charge in [-0.2, -0.15) is 8.42 Å². The number of phenols is 3. The summed E-state index contributed by atoms with van der Waals surface area (Å²) in [6.07, 6.45) is 4.07. The van der Waals surface area contributed by atoms with Gasteiger partial charge in [0.15, 0.2) is 11.5 Å². The summed E-state index contributed by atoms with van der Waals surface area (Å²) >= 11 is 6.36. The Hall–Kier alpha value is -2.00. The standard InChI is InChI=1S/C20H22ClNO3.CH4O3S/c21-19-15-7-8-22(10-12-1-2-12)11-17(13-3-5-14(23)6-4-13)16(15)9-18(24)20(19)25;1-5(2,3)4/h3-6,9,12,17,23-25H,1-2,7-8,10-11H2;1H3,(H,2,3,4). The van der Waals surface area contributed by atoms with Crippen LogP contribution in [-0.4, -0.2) is 59.1 Å². The lowest BCUT2D eigenvalue weighted by Crippen LogP contribution is -2.30. The molecule has 1 heterocycles. The van der Waals surface area contributed by atoms with Crippen molar-refractivity contribution in [2.45, 2.75) is 25.2 Å². The minimum atomic E-state index is -3.67. The molecule has 4 N–H and O–H groups in total. The number of hydrogen-bond donors (Lipinski definition) is 4. The van der Waals surface area contributed by atoms with Crippen molar-refractivity contribution in [3.63, 3.8) is 0 Å². The van der Waals surface area contributed by atoms with Crippen molar-refractivity contribution in [2.75, 3.05) is 25.9 Å². The highest BCUT2D eigenvalue weighted by atomic mass is 35.5. The molecule has 30 heavy (non-hydrogen) atoms. The van der Waals surface area contributed by atoms with Crippen LogP contribution < -0.4 is 0 Å². The van der Waals surface area contributed by atoms with Crippen LogP contribution >= 0.6 is 11.6 Å². The molecule has 2 aromatic rings. The van der Waals surface area contributed by atoms with E-state index >= 15 is 0 Å². The molecule has 0 saturated heterocycles. The zero-order valence-corrected chi connectivity index (χ0v) is 18.2. The topological polar surface area (TPSA) is 118 Å². The first-order valence-corrected chi connectivity index (χ1v) is 11.9. The molecule has 0 amide bonds. The van der Waals surface area contributed by atoms with Crippen molar-refractivity contribution in [1.29, 1.82) is 0 Å². The van der Waals surface area contributed by atoms with Gasteiger partial charge in [0.05, 0.1) is 11.3 Å². The zero-order valence-electron chi connectivity index (χ0n) is 16.6. The van der Waals surface area contributed by atoms with Gasteiger partial charge in [-0.1, -0.05) is 23.7 Å².